The number of ether oxygens (including phenoxy) is 1. The number of halogens is 1. The van der Waals surface area contributed by atoms with Crippen LogP contribution in [0.3, 0.4) is 0 Å². The van der Waals surface area contributed by atoms with Gasteiger partial charge in [-0.05, 0) is 29.8 Å². The van der Waals surface area contributed by atoms with Crippen LogP contribution in [0.2, 0.25) is 5.02 Å². The molecule has 2 aromatic carbocycles. The van der Waals surface area contributed by atoms with E-state index in [1.54, 1.807) is 18.3 Å². The zero-order valence-corrected chi connectivity index (χ0v) is 13.6. The van der Waals surface area contributed by atoms with Crippen molar-refractivity contribution in [3.8, 4) is 0 Å². The number of rotatable bonds is 5. The quantitative estimate of drug-likeness (QED) is 0.751. The van der Waals surface area contributed by atoms with Crippen LogP contribution in [0.4, 0.5) is 10.5 Å². The highest BCUT2D eigenvalue weighted by Crippen LogP contribution is 2.12. The highest BCUT2D eigenvalue weighted by molar-refractivity contribution is 6.30. The Kier molecular flexibility index (Phi) is 5.13. The molecule has 1 N–H and O–H groups in total. The number of carbonyl (C=O) groups excluding carboxylic acids is 1. The SMILES string of the molecule is O=C(Nc1ccccc1)OCc1nccn1Cc1ccc(Cl)cc1. The predicted octanol–water partition coefficient (Wildman–Crippen LogP) is 4.33. The third kappa shape index (κ3) is 4.36. The summed E-state index contributed by atoms with van der Waals surface area (Å²) in [6, 6.07) is 16.7. The van der Waals surface area contributed by atoms with Crippen molar-refractivity contribution >= 4 is 23.4 Å². The van der Waals surface area contributed by atoms with Crippen molar-refractivity contribution in [2.75, 3.05) is 5.32 Å². The molecule has 3 rings (SSSR count). The molecule has 0 fully saturated rings. The maximum Gasteiger partial charge on any atom is 0.412 e. The third-order valence-corrected chi connectivity index (χ3v) is 3.67. The molecule has 5 nitrogen and oxygen atoms in total. The van der Waals surface area contributed by atoms with Gasteiger partial charge < -0.3 is 9.30 Å². The summed E-state index contributed by atoms with van der Waals surface area (Å²) in [5.74, 6) is 0.674. The van der Waals surface area contributed by atoms with E-state index in [4.69, 9.17) is 16.3 Å². The number of aromatic nitrogens is 2. The number of carbonyl (C=O) groups is 1. The molecule has 0 aliphatic heterocycles. The summed E-state index contributed by atoms with van der Waals surface area (Å²) in [5.41, 5.74) is 1.78. The monoisotopic (exact) mass is 341 g/mol. The number of hydrogen-bond donors (Lipinski definition) is 1. The van der Waals surface area contributed by atoms with E-state index in [2.05, 4.69) is 10.3 Å². The van der Waals surface area contributed by atoms with Crippen molar-refractivity contribution in [3.63, 3.8) is 0 Å². The Labute approximate surface area is 144 Å². The first-order chi connectivity index (χ1) is 11.7. The molecule has 0 unspecified atom stereocenters. The standard InChI is InChI=1S/C18H16ClN3O2/c19-15-8-6-14(7-9-15)12-22-11-10-20-17(22)13-24-18(23)21-16-4-2-1-3-5-16/h1-11H,12-13H2,(H,21,23). The second kappa shape index (κ2) is 7.66. The first kappa shape index (κ1) is 16.1. The highest BCUT2D eigenvalue weighted by atomic mass is 35.5. The first-order valence-electron chi connectivity index (χ1n) is 7.44. The molecule has 0 aliphatic carbocycles. The highest BCUT2D eigenvalue weighted by Gasteiger charge is 2.08. The number of nitrogens with one attached hydrogen (secondary N) is 1. The van der Waals surface area contributed by atoms with E-state index < -0.39 is 6.09 Å². The van der Waals surface area contributed by atoms with Gasteiger partial charge in [0.1, 0.15) is 5.82 Å². The van der Waals surface area contributed by atoms with Crippen LogP contribution < -0.4 is 5.32 Å². The Hall–Kier alpha value is -2.79. The average Bonchev–Trinajstić information content (AvgIpc) is 3.03. The van der Waals surface area contributed by atoms with Crippen LogP contribution in [0, 0.1) is 0 Å². The number of para-hydroxylation sites is 1. The summed E-state index contributed by atoms with van der Waals surface area (Å²) in [5, 5.41) is 3.37. The van der Waals surface area contributed by atoms with Crippen molar-refractivity contribution in [3.05, 3.63) is 83.4 Å². The van der Waals surface area contributed by atoms with Gasteiger partial charge in [-0.3, -0.25) is 5.32 Å². The van der Waals surface area contributed by atoms with E-state index >= 15 is 0 Å². The van der Waals surface area contributed by atoms with Crippen LogP contribution in [0.25, 0.3) is 0 Å². The van der Waals surface area contributed by atoms with Gasteiger partial charge in [-0.1, -0.05) is 41.9 Å². The number of hydrogen-bond acceptors (Lipinski definition) is 3. The van der Waals surface area contributed by atoms with Gasteiger partial charge in [0, 0.05) is 29.6 Å². The molecule has 0 radical (unpaired) electrons. The Morgan fingerprint density at radius 2 is 1.88 bits per heavy atom. The third-order valence-electron chi connectivity index (χ3n) is 3.42. The molecule has 0 atom stereocenters. The second-order valence-corrected chi connectivity index (χ2v) is 5.60. The van der Waals surface area contributed by atoms with Crippen molar-refractivity contribution in [1.29, 1.82) is 0 Å². The van der Waals surface area contributed by atoms with Crippen molar-refractivity contribution in [2.24, 2.45) is 0 Å². The van der Waals surface area contributed by atoms with Gasteiger partial charge in [0.05, 0.1) is 0 Å². The molecule has 0 aliphatic rings. The second-order valence-electron chi connectivity index (χ2n) is 5.16. The summed E-state index contributed by atoms with van der Waals surface area (Å²) in [4.78, 5) is 16.1. The topological polar surface area (TPSA) is 56.1 Å². The molecule has 1 heterocycles. The zero-order chi connectivity index (χ0) is 16.8. The van der Waals surface area contributed by atoms with Crippen LogP contribution in [0.15, 0.2) is 67.0 Å². The van der Waals surface area contributed by atoms with E-state index in [0.717, 1.165) is 5.56 Å². The Morgan fingerprint density at radius 3 is 2.62 bits per heavy atom. The van der Waals surface area contributed by atoms with E-state index in [9.17, 15) is 4.79 Å². The average molecular weight is 342 g/mol. The lowest BCUT2D eigenvalue weighted by Gasteiger charge is -2.10. The molecule has 0 saturated carbocycles. The van der Waals surface area contributed by atoms with E-state index in [0.29, 0.717) is 23.1 Å². The van der Waals surface area contributed by atoms with Gasteiger partial charge in [-0.2, -0.15) is 0 Å². The fraction of sp³-hybridized carbons (Fsp3) is 0.111. The van der Waals surface area contributed by atoms with Crippen molar-refractivity contribution in [1.82, 2.24) is 9.55 Å². The summed E-state index contributed by atoms with van der Waals surface area (Å²) in [6.45, 7) is 0.732. The van der Waals surface area contributed by atoms with Gasteiger partial charge in [0.25, 0.3) is 0 Å². The molecule has 0 saturated heterocycles. The minimum Gasteiger partial charge on any atom is -0.441 e. The fourth-order valence-electron chi connectivity index (χ4n) is 2.22. The Bertz CT molecular complexity index is 801. The minimum atomic E-state index is -0.512. The lowest BCUT2D eigenvalue weighted by atomic mass is 10.2. The molecule has 1 amide bonds. The van der Waals surface area contributed by atoms with Gasteiger partial charge in [0.2, 0.25) is 0 Å². The summed E-state index contributed by atoms with van der Waals surface area (Å²) < 4.78 is 7.16. The molecule has 3 aromatic rings. The first-order valence-corrected chi connectivity index (χ1v) is 7.82. The molecule has 122 valence electrons. The zero-order valence-electron chi connectivity index (χ0n) is 12.9. The van der Waals surface area contributed by atoms with Gasteiger partial charge in [-0.15, -0.1) is 0 Å². The van der Waals surface area contributed by atoms with Gasteiger partial charge >= 0.3 is 6.09 Å². The lowest BCUT2D eigenvalue weighted by molar-refractivity contribution is 0.150. The van der Waals surface area contributed by atoms with Crippen molar-refractivity contribution < 1.29 is 9.53 Å². The normalized spacial score (nSPS) is 10.4. The molecule has 0 bridgehead atoms. The molecule has 24 heavy (non-hydrogen) atoms. The van der Waals surface area contributed by atoms with Crippen LogP contribution in [-0.4, -0.2) is 15.6 Å². The van der Waals surface area contributed by atoms with Gasteiger partial charge in [-0.25, -0.2) is 9.78 Å². The van der Waals surface area contributed by atoms with Crippen LogP contribution in [-0.2, 0) is 17.9 Å². The number of imidazole rings is 1. The predicted molar refractivity (Wildman–Crippen MR) is 93.0 cm³/mol. The van der Waals surface area contributed by atoms with E-state index in [-0.39, 0.29) is 6.61 Å². The minimum absolute atomic E-state index is 0.0965. The maximum atomic E-state index is 11.8. The number of benzene rings is 2. The molecular weight excluding hydrogens is 326 g/mol. The largest absolute Gasteiger partial charge is 0.441 e. The van der Waals surface area contributed by atoms with E-state index in [1.165, 1.54) is 0 Å². The van der Waals surface area contributed by atoms with Crippen LogP contribution in [0.5, 0.6) is 0 Å². The van der Waals surface area contributed by atoms with Crippen molar-refractivity contribution in [2.45, 2.75) is 13.2 Å². The summed E-state index contributed by atoms with van der Waals surface area (Å²) in [7, 11) is 0. The molecule has 0 spiro atoms. The lowest BCUT2D eigenvalue weighted by Crippen LogP contribution is -2.15. The van der Waals surface area contributed by atoms with E-state index in [1.807, 2.05) is 53.2 Å². The Balaban J connectivity index is 1.57. The molecule has 6 heteroatoms. The fourth-order valence-corrected chi connectivity index (χ4v) is 2.34. The smallest absolute Gasteiger partial charge is 0.412 e. The summed E-state index contributed by atoms with van der Waals surface area (Å²) in [6.07, 6.45) is 3.02. The number of amides is 1. The number of anilines is 1. The maximum absolute atomic E-state index is 11.8. The molecule has 1 aromatic heterocycles. The van der Waals surface area contributed by atoms with Gasteiger partial charge in [0.15, 0.2) is 6.61 Å². The summed E-state index contributed by atoms with van der Waals surface area (Å²) >= 11 is 5.89. The van der Waals surface area contributed by atoms with Crippen LogP contribution >= 0.6 is 11.6 Å². The van der Waals surface area contributed by atoms with Crippen LogP contribution in [0.1, 0.15) is 11.4 Å². The Morgan fingerprint density at radius 1 is 1.12 bits per heavy atom. The number of nitrogens with zero attached hydrogens (tertiary/aromatic N) is 2. The molecular formula is C18H16ClN3O2.